The summed E-state index contributed by atoms with van der Waals surface area (Å²) in [4.78, 5) is 19.9. The van der Waals surface area contributed by atoms with Crippen LogP contribution in [0.25, 0.3) is 22.5 Å². The molecular formula is C38H27ClN2O2S. The van der Waals surface area contributed by atoms with Crippen LogP contribution < -0.4 is 19.6 Å². The third kappa shape index (κ3) is 4.79. The SMILES string of the molecule is O=c1/c(=C\c2cccc(OCc3cccc4ccccc34)c2)sc2n1[C@@H](c1ccc(Cl)cc1)C1=C(N=2)c2ccccc2CC1. The van der Waals surface area contributed by atoms with E-state index in [1.807, 2.05) is 65.2 Å². The number of aromatic nitrogens is 1. The molecule has 1 atom stereocenters. The molecule has 0 spiro atoms. The van der Waals surface area contributed by atoms with Gasteiger partial charge in [-0.3, -0.25) is 9.36 Å². The van der Waals surface area contributed by atoms with Gasteiger partial charge in [0, 0.05) is 10.6 Å². The minimum Gasteiger partial charge on any atom is -0.489 e. The largest absolute Gasteiger partial charge is 0.489 e. The Kier molecular flexibility index (Phi) is 6.78. The molecule has 6 heteroatoms. The molecule has 2 aliphatic rings. The molecule has 1 aliphatic heterocycles. The first kappa shape index (κ1) is 26.9. The fraction of sp³-hybridized carbons (Fsp3) is 0.105. The van der Waals surface area contributed by atoms with Crippen molar-refractivity contribution in [3.05, 3.63) is 173 Å². The lowest BCUT2D eigenvalue weighted by Crippen LogP contribution is -2.38. The summed E-state index contributed by atoms with van der Waals surface area (Å²) in [6.45, 7) is 0.459. The molecule has 0 fully saturated rings. The summed E-state index contributed by atoms with van der Waals surface area (Å²) in [5, 5.41) is 3.06. The predicted octanol–water partition coefficient (Wildman–Crippen LogP) is 7.70. The van der Waals surface area contributed by atoms with Gasteiger partial charge in [0.1, 0.15) is 12.4 Å². The van der Waals surface area contributed by atoms with Gasteiger partial charge in [-0.1, -0.05) is 114 Å². The second-order valence-electron chi connectivity index (χ2n) is 11.2. The number of ether oxygens (including phenoxy) is 1. The highest BCUT2D eigenvalue weighted by molar-refractivity contribution is 7.07. The summed E-state index contributed by atoms with van der Waals surface area (Å²) in [7, 11) is 0. The van der Waals surface area contributed by atoms with E-state index in [0.717, 1.165) is 46.5 Å². The molecule has 8 rings (SSSR count). The molecule has 0 bridgehead atoms. The van der Waals surface area contributed by atoms with Crippen molar-refractivity contribution in [3.8, 4) is 5.75 Å². The molecule has 5 aromatic carbocycles. The van der Waals surface area contributed by atoms with Gasteiger partial charge in [0.15, 0.2) is 4.80 Å². The summed E-state index contributed by atoms with van der Waals surface area (Å²) in [5.41, 5.74) is 7.65. The van der Waals surface area contributed by atoms with Crippen LogP contribution in [0.2, 0.25) is 5.02 Å². The average molecular weight is 611 g/mol. The molecule has 1 aromatic heterocycles. The number of fused-ring (bicyclic) bond motifs is 4. The van der Waals surface area contributed by atoms with Crippen LogP contribution in [0.4, 0.5) is 0 Å². The number of aryl methyl sites for hydroxylation is 1. The molecule has 0 saturated heterocycles. The number of rotatable bonds is 5. The molecule has 0 amide bonds. The Labute approximate surface area is 263 Å². The molecule has 6 aromatic rings. The molecule has 44 heavy (non-hydrogen) atoms. The molecule has 0 N–H and O–H groups in total. The van der Waals surface area contributed by atoms with Crippen LogP contribution in [0.3, 0.4) is 0 Å². The van der Waals surface area contributed by atoms with Gasteiger partial charge in [-0.15, -0.1) is 0 Å². The molecule has 1 aliphatic carbocycles. The summed E-state index contributed by atoms with van der Waals surface area (Å²) in [6.07, 6.45) is 3.72. The third-order valence-electron chi connectivity index (χ3n) is 8.49. The van der Waals surface area contributed by atoms with Crippen LogP contribution in [0, 0.1) is 0 Å². The van der Waals surface area contributed by atoms with Gasteiger partial charge in [0.25, 0.3) is 5.56 Å². The fourth-order valence-corrected chi connectivity index (χ4v) is 7.52. The highest BCUT2D eigenvalue weighted by Gasteiger charge is 2.32. The molecule has 4 nitrogen and oxygen atoms in total. The van der Waals surface area contributed by atoms with Gasteiger partial charge in [-0.2, -0.15) is 0 Å². The minimum atomic E-state index is -0.232. The predicted molar refractivity (Wildman–Crippen MR) is 179 cm³/mol. The molecule has 0 radical (unpaired) electrons. The van der Waals surface area contributed by atoms with Crippen molar-refractivity contribution < 1.29 is 4.74 Å². The van der Waals surface area contributed by atoms with Crippen LogP contribution >= 0.6 is 22.9 Å². The van der Waals surface area contributed by atoms with Crippen LogP contribution in [0.1, 0.15) is 40.3 Å². The van der Waals surface area contributed by atoms with Gasteiger partial charge < -0.3 is 4.74 Å². The van der Waals surface area contributed by atoms with Crippen molar-refractivity contribution in [1.82, 2.24) is 4.57 Å². The van der Waals surface area contributed by atoms with E-state index >= 15 is 0 Å². The second-order valence-corrected chi connectivity index (χ2v) is 12.6. The Hall–Kier alpha value is -4.71. The zero-order chi connectivity index (χ0) is 29.6. The summed E-state index contributed by atoms with van der Waals surface area (Å²) in [6, 6.07) is 38.6. The van der Waals surface area contributed by atoms with Gasteiger partial charge in [0.05, 0.1) is 16.3 Å². The van der Waals surface area contributed by atoms with Crippen molar-refractivity contribution in [2.75, 3.05) is 0 Å². The van der Waals surface area contributed by atoms with E-state index in [1.165, 1.54) is 33.2 Å². The maximum Gasteiger partial charge on any atom is 0.271 e. The second kappa shape index (κ2) is 11.1. The van der Waals surface area contributed by atoms with Gasteiger partial charge in [-0.25, -0.2) is 4.99 Å². The molecule has 0 saturated carbocycles. The van der Waals surface area contributed by atoms with Crippen LogP contribution in [-0.2, 0) is 13.0 Å². The topological polar surface area (TPSA) is 43.6 Å². The van der Waals surface area contributed by atoms with E-state index in [2.05, 4.69) is 60.7 Å². The molecule has 2 heterocycles. The van der Waals surface area contributed by atoms with Gasteiger partial charge in [-0.05, 0) is 81.8 Å². The van der Waals surface area contributed by atoms with E-state index in [4.69, 9.17) is 21.3 Å². The molecule has 214 valence electrons. The molecular weight excluding hydrogens is 584 g/mol. The van der Waals surface area contributed by atoms with Crippen LogP contribution in [0.15, 0.2) is 131 Å². The average Bonchev–Trinajstić information content (AvgIpc) is 3.37. The lowest BCUT2D eigenvalue weighted by molar-refractivity contribution is 0.307. The Morgan fingerprint density at radius 3 is 2.59 bits per heavy atom. The maximum atomic E-state index is 14.1. The van der Waals surface area contributed by atoms with E-state index < -0.39 is 0 Å². The van der Waals surface area contributed by atoms with E-state index in [0.29, 0.717) is 21.0 Å². The van der Waals surface area contributed by atoms with Gasteiger partial charge >= 0.3 is 0 Å². The van der Waals surface area contributed by atoms with E-state index in [-0.39, 0.29) is 11.6 Å². The first-order chi connectivity index (χ1) is 21.6. The number of nitrogens with zero attached hydrogens (tertiary/aromatic N) is 2. The first-order valence-electron chi connectivity index (χ1n) is 14.7. The number of halogens is 1. The van der Waals surface area contributed by atoms with E-state index in [1.54, 1.807) is 0 Å². The first-order valence-corrected chi connectivity index (χ1v) is 15.9. The van der Waals surface area contributed by atoms with Crippen molar-refractivity contribution in [1.29, 1.82) is 0 Å². The highest BCUT2D eigenvalue weighted by Crippen LogP contribution is 2.41. The van der Waals surface area contributed by atoms with Crippen molar-refractivity contribution in [3.63, 3.8) is 0 Å². The quantitative estimate of drug-likeness (QED) is 0.201. The number of hydrogen-bond donors (Lipinski definition) is 0. The minimum absolute atomic E-state index is 0.0406. The smallest absolute Gasteiger partial charge is 0.271 e. The lowest BCUT2D eigenvalue weighted by Gasteiger charge is -2.30. The number of allylic oxidation sites excluding steroid dienone is 1. The monoisotopic (exact) mass is 610 g/mol. The lowest BCUT2D eigenvalue weighted by atomic mass is 9.83. The summed E-state index contributed by atoms with van der Waals surface area (Å²) >= 11 is 7.70. The standard InChI is InChI=1S/C38H27ClN2O2S/c39-29-18-15-27(16-19-29)36-33-20-17-26-9-2-4-14-32(26)35(33)40-38-41(36)37(42)34(44-38)22-24-7-5-12-30(21-24)43-23-28-11-6-10-25-8-1-3-13-31(25)28/h1-16,18-19,21-22,36H,17,20,23H2/b34-22+/t36-/m0/s1. The Morgan fingerprint density at radius 1 is 0.886 bits per heavy atom. The number of thiazole rings is 1. The van der Waals surface area contributed by atoms with Crippen molar-refractivity contribution in [2.24, 2.45) is 4.99 Å². The Bertz CT molecular complexity index is 2280. The Balaban J connectivity index is 1.19. The Morgan fingerprint density at radius 2 is 1.68 bits per heavy atom. The van der Waals surface area contributed by atoms with Crippen LogP contribution in [0.5, 0.6) is 5.75 Å². The fourth-order valence-electron chi connectivity index (χ4n) is 6.39. The molecule has 0 unspecified atom stereocenters. The maximum absolute atomic E-state index is 14.1. The highest BCUT2D eigenvalue weighted by atomic mass is 35.5. The zero-order valence-corrected chi connectivity index (χ0v) is 25.3. The van der Waals surface area contributed by atoms with Crippen molar-refractivity contribution in [2.45, 2.75) is 25.5 Å². The normalized spacial score (nSPS) is 15.8. The third-order valence-corrected chi connectivity index (χ3v) is 9.72. The number of benzene rings is 5. The number of hydrogen-bond acceptors (Lipinski definition) is 4. The summed E-state index contributed by atoms with van der Waals surface area (Å²) < 4.78 is 8.75. The van der Waals surface area contributed by atoms with Gasteiger partial charge in [0.2, 0.25) is 0 Å². The zero-order valence-electron chi connectivity index (χ0n) is 23.7. The van der Waals surface area contributed by atoms with Crippen LogP contribution in [-0.4, -0.2) is 4.57 Å². The summed E-state index contributed by atoms with van der Waals surface area (Å²) in [5.74, 6) is 0.755. The van der Waals surface area contributed by atoms with Crippen molar-refractivity contribution >= 4 is 45.5 Å². The van der Waals surface area contributed by atoms with E-state index in [9.17, 15) is 4.79 Å².